The van der Waals surface area contributed by atoms with Gasteiger partial charge in [0.1, 0.15) is 0 Å². The average molecular weight is 339 g/mol. The minimum atomic E-state index is -0.281. The van der Waals surface area contributed by atoms with Crippen LogP contribution in [0.25, 0.3) is 22.0 Å². The molecular formula is C23H17NO2. The number of ketones is 1. The van der Waals surface area contributed by atoms with Crippen LogP contribution in [0, 0.1) is 0 Å². The Balaban J connectivity index is 2.14. The van der Waals surface area contributed by atoms with Crippen LogP contribution in [-0.2, 0) is 7.05 Å². The van der Waals surface area contributed by atoms with Crippen LogP contribution in [0.4, 0.5) is 0 Å². The van der Waals surface area contributed by atoms with Gasteiger partial charge in [0.05, 0.1) is 11.1 Å². The van der Waals surface area contributed by atoms with Crippen LogP contribution in [0.1, 0.15) is 15.9 Å². The molecule has 0 atom stereocenters. The monoisotopic (exact) mass is 339 g/mol. The molecule has 126 valence electrons. The lowest BCUT2D eigenvalue weighted by atomic mass is 9.91. The van der Waals surface area contributed by atoms with Crippen LogP contribution in [0.3, 0.4) is 0 Å². The number of hydrogen-bond acceptors (Lipinski definition) is 2. The maximum absolute atomic E-state index is 13.2. The zero-order valence-corrected chi connectivity index (χ0v) is 14.3. The number of para-hydroxylation sites is 1. The predicted octanol–water partition coefficient (Wildman–Crippen LogP) is 4.44. The SMILES string of the molecule is Cn1c(=O)c(C(=O)c2ccccc2)c(-c2ccccc2)c2ccccc21. The van der Waals surface area contributed by atoms with E-state index in [1.807, 2.05) is 60.7 Å². The summed E-state index contributed by atoms with van der Waals surface area (Å²) >= 11 is 0. The first-order chi connectivity index (χ1) is 12.7. The van der Waals surface area contributed by atoms with Crippen molar-refractivity contribution in [1.29, 1.82) is 0 Å². The zero-order chi connectivity index (χ0) is 18.1. The fraction of sp³-hybridized carbons (Fsp3) is 0.0435. The van der Waals surface area contributed by atoms with Gasteiger partial charge in [-0.1, -0.05) is 78.9 Å². The van der Waals surface area contributed by atoms with Crippen LogP contribution in [0.5, 0.6) is 0 Å². The third-order valence-corrected chi connectivity index (χ3v) is 4.63. The summed E-state index contributed by atoms with van der Waals surface area (Å²) in [6, 6.07) is 26.3. The first kappa shape index (κ1) is 16.0. The third-order valence-electron chi connectivity index (χ3n) is 4.63. The molecule has 0 fully saturated rings. The minimum Gasteiger partial charge on any atom is -0.311 e. The first-order valence-electron chi connectivity index (χ1n) is 8.45. The molecular weight excluding hydrogens is 322 g/mol. The Morgan fingerprint density at radius 1 is 0.769 bits per heavy atom. The minimum absolute atomic E-state index is 0.212. The zero-order valence-electron chi connectivity index (χ0n) is 14.3. The summed E-state index contributed by atoms with van der Waals surface area (Å²) in [6.45, 7) is 0. The molecule has 3 aromatic carbocycles. The van der Waals surface area contributed by atoms with Gasteiger partial charge in [0.2, 0.25) is 0 Å². The average Bonchev–Trinajstić information content (AvgIpc) is 2.71. The maximum atomic E-state index is 13.2. The Hall–Kier alpha value is -3.46. The van der Waals surface area contributed by atoms with E-state index in [9.17, 15) is 9.59 Å². The van der Waals surface area contributed by atoms with Gasteiger partial charge in [-0.3, -0.25) is 9.59 Å². The number of nitrogens with zero attached hydrogens (tertiary/aromatic N) is 1. The van der Waals surface area contributed by atoms with Gasteiger partial charge in [0.15, 0.2) is 5.78 Å². The largest absolute Gasteiger partial charge is 0.311 e. The molecule has 0 unspecified atom stereocenters. The Kier molecular flexibility index (Phi) is 3.98. The molecule has 0 spiro atoms. The lowest BCUT2D eigenvalue weighted by Crippen LogP contribution is -2.26. The van der Waals surface area contributed by atoms with Crippen molar-refractivity contribution >= 4 is 16.7 Å². The molecule has 0 aliphatic heterocycles. The molecule has 0 bridgehead atoms. The van der Waals surface area contributed by atoms with Crippen LogP contribution >= 0.6 is 0 Å². The van der Waals surface area contributed by atoms with Crippen molar-refractivity contribution in [3.63, 3.8) is 0 Å². The van der Waals surface area contributed by atoms with E-state index in [-0.39, 0.29) is 16.9 Å². The second-order valence-electron chi connectivity index (χ2n) is 6.19. The number of rotatable bonds is 3. The van der Waals surface area contributed by atoms with Gasteiger partial charge < -0.3 is 4.57 Å². The molecule has 3 heteroatoms. The van der Waals surface area contributed by atoms with Gasteiger partial charge in [-0.05, 0) is 11.6 Å². The molecule has 26 heavy (non-hydrogen) atoms. The van der Waals surface area contributed by atoms with Gasteiger partial charge in [-0.25, -0.2) is 0 Å². The van der Waals surface area contributed by atoms with Gasteiger partial charge in [-0.2, -0.15) is 0 Å². The molecule has 0 amide bonds. The van der Waals surface area contributed by atoms with E-state index >= 15 is 0 Å². The van der Waals surface area contributed by atoms with Crippen LogP contribution < -0.4 is 5.56 Å². The molecule has 3 nitrogen and oxygen atoms in total. The summed E-state index contributed by atoms with van der Waals surface area (Å²) in [6.07, 6.45) is 0. The van der Waals surface area contributed by atoms with Gasteiger partial charge in [0, 0.05) is 23.6 Å². The second-order valence-corrected chi connectivity index (χ2v) is 6.19. The van der Waals surface area contributed by atoms with Crippen molar-refractivity contribution in [1.82, 2.24) is 4.57 Å². The van der Waals surface area contributed by atoms with E-state index in [1.165, 1.54) is 0 Å². The Morgan fingerprint density at radius 2 is 1.35 bits per heavy atom. The quantitative estimate of drug-likeness (QED) is 0.518. The van der Waals surface area contributed by atoms with E-state index in [0.717, 1.165) is 16.5 Å². The number of aryl methyl sites for hydroxylation is 1. The fourth-order valence-electron chi connectivity index (χ4n) is 3.35. The van der Waals surface area contributed by atoms with Crippen molar-refractivity contribution in [2.75, 3.05) is 0 Å². The Bertz CT molecular complexity index is 1160. The highest BCUT2D eigenvalue weighted by Gasteiger charge is 2.23. The highest BCUT2D eigenvalue weighted by atomic mass is 16.1. The van der Waals surface area contributed by atoms with Crippen LogP contribution in [-0.4, -0.2) is 10.4 Å². The van der Waals surface area contributed by atoms with Crippen LogP contribution in [0.2, 0.25) is 0 Å². The molecule has 4 aromatic rings. The van der Waals surface area contributed by atoms with E-state index in [0.29, 0.717) is 11.1 Å². The van der Waals surface area contributed by atoms with Gasteiger partial charge in [-0.15, -0.1) is 0 Å². The summed E-state index contributed by atoms with van der Waals surface area (Å²) in [7, 11) is 1.71. The Labute approximate surface area is 151 Å². The molecule has 0 saturated heterocycles. The summed E-state index contributed by atoms with van der Waals surface area (Å²) in [5.74, 6) is -0.254. The standard InChI is InChI=1S/C23H17NO2/c1-24-19-15-9-8-14-18(19)20(16-10-4-2-5-11-16)21(23(24)26)22(25)17-12-6-3-7-13-17/h2-15H,1H3. The summed E-state index contributed by atoms with van der Waals surface area (Å²) in [5, 5.41) is 0.889. The van der Waals surface area contributed by atoms with Crippen molar-refractivity contribution in [3.05, 3.63) is 106 Å². The van der Waals surface area contributed by atoms with Crippen molar-refractivity contribution in [2.24, 2.45) is 7.05 Å². The molecule has 0 aliphatic rings. The number of aromatic nitrogens is 1. The topological polar surface area (TPSA) is 39.1 Å². The molecule has 0 aliphatic carbocycles. The van der Waals surface area contributed by atoms with E-state index in [1.54, 1.807) is 35.9 Å². The smallest absolute Gasteiger partial charge is 0.262 e. The summed E-state index contributed by atoms with van der Waals surface area (Å²) in [5.41, 5.74) is 2.80. The van der Waals surface area contributed by atoms with E-state index in [2.05, 4.69) is 0 Å². The first-order valence-corrected chi connectivity index (χ1v) is 8.45. The fourth-order valence-corrected chi connectivity index (χ4v) is 3.35. The van der Waals surface area contributed by atoms with Crippen molar-refractivity contribution < 1.29 is 4.79 Å². The predicted molar refractivity (Wildman–Crippen MR) is 104 cm³/mol. The number of hydrogen-bond donors (Lipinski definition) is 0. The van der Waals surface area contributed by atoms with Crippen molar-refractivity contribution in [3.8, 4) is 11.1 Å². The third kappa shape index (κ3) is 2.54. The number of pyridine rings is 1. The van der Waals surface area contributed by atoms with Crippen LogP contribution in [0.15, 0.2) is 89.7 Å². The van der Waals surface area contributed by atoms with Gasteiger partial charge >= 0.3 is 0 Å². The van der Waals surface area contributed by atoms with E-state index in [4.69, 9.17) is 0 Å². The summed E-state index contributed by atoms with van der Waals surface area (Å²) in [4.78, 5) is 26.4. The molecule has 0 radical (unpaired) electrons. The van der Waals surface area contributed by atoms with Crippen molar-refractivity contribution in [2.45, 2.75) is 0 Å². The molecule has 1 aromatic heterocycles. The number of benzene rings is 3. The number of carbonyl (C=O) groups is 1. The van der Waals surface area contributed by atoms with E-state index < -0.39 is 0 Å². The highest BCUT2D eigenvalue weighted by Crippen LogP contribution is 2.31. The summed E-state index contributed by atoms with van der Waals surface area (Å²) < 4.78 is 1.55. The lowest BCUT2D eigenvalue weighted by molar-refractivity contribution is 0.103. The van der Waals surface area contributed by atoms with Gasteiger partial charge in [0.25, 0.3) is 5.56 Å². The lowest BCUT2D eigenvalue weighted by Gasteiger charge is -2.15. The number of fused-ring (bicyclic) bond motifs is 1. The highest BCUT2D eigenvalue weighted by molar-refractivity contribution is 6.16. The normalized spacial score (nSPS) is 10.8. The maximum Gasteiger partial charge on any atom is 0.262 e. The molecule has 0 saturated carbocycles. The molecule has 0 N–H and O–H groups in total. The Morgan fingerprint density at radius 3 is 2.04 bits per heavy atom. The number of carbonyl (C=O) groups excluding carboxylic acids is 1. The molecule has 1 heterocycles. The second kappa shape index (κ2) is 6.45. The molecule has 4 rings (SSSR count).